The van der Waals surface area contributed by atoms with Gasteiger partial charge in [-0.15, -0.1) is 0 Å². The molecule has 0 fully saturated rings. The topological polar surface area (TPSA) is 64.6 Å². The van der Waals surface area contributed by atoms with Gasteiger partial charge in [0.15, 0.2) is 0 Å². The van der Waals surface area contributed by atoms with Crippen LogP contribution in [0.15, 0.2) is 35.3 Å². The maximum atomic E-state index is 11.3. The molecule has 0 radical (unpaired) electrons. The summed E-state index contributed by atoms with van der Waals surface area (Å²) in [5.74, 6) is 0.0123. The van der Waals surface area contributed by atoms with E-state index >= 15 is 0 Å². The second-order valence-electron chi connectivity index (χ2n) is 4.43. The summed E-state index contributed by atoms with van der Waals surface area (Å²) < 4.78 is 10.0. The van der Waals surface area contributed by atoms with Gasteiger partial charge in [0.2, 0.25) is 0 Å². The van der Waals surface area contributed by atoms with Gasteiger partial charge in [-0.3, -0.25) is 4.79 Å². The third-order valence-electron chi connectivity index (χ3n) is 2.70. The number of rotatable bonds is 6. The Kier molecular flexibility index (Phi) is 6.56. The summed E-state index contributed by atoms with van der Waals surface area (Å²) in [7, 11) is 0. The Balaban J connectivity index is 2.59. The van der Waals surface area contributed by atoms with Crippen LogP contribution in [-0.2, 0) is 19.1 Å². The van der Waals surface area contributed by atoms with Crippen molar-refractivity contribution in [3.63, 3.8) is 0 Å². The molecule has 0 heterocycles. The Bertz CT molecular complexity index is 460. The lowest BCUT2D eigenvalue weighted by molar-refractivity contribution is -0.138. The summed E-state index contributed by atoms with van der Waals surface area (Å²) in [5.41, 5.74) is 1.73. The van der Waals surface area contributed by atoms with Gasteiger partial charge in [0.1, 0.15) is 5.76 Å². The van der Waals surface area contributed by atoms with Crippen LogP contribution in [0.25, 0.3) is 0 Å². The molecule has 0 aromatic carbocycles. The molecular formula is C15H21NO4. The van der Waals surface area contributed by atoms with Crippen molar-refractivity contribution in [3.8, 4) is 0 Å². The first-order valence-electron chi connectivity index (χ1n) is 6.66. The van der Waals surface area contributed by atoms with Gasteiger partial charge in [0, 0.05) is 31.7 Å². The van der Waals surface area contributed by atoms with Crippen LogP contribution in [0.1, 0.15) is 33.6 Å². The molecule has 0 atom stereocenters. The average Bonchev–Trinajstić information content (AvgIpc) is 2.37. The fraction of sp³-hybridized carbons (Fsp3) is 0.467. The van der Waals surface area contributed by atoms with Crippen LogP contribution in [-0.4, -0.2) is 25.1 Å². The molecule has 0 aliphatic heterocycles. The molecule has 5 nitrogen and oxygen atoms in total. The number of allylic oxidation sites excluding steroid dienone is 3. The average molecular weight is 279 g/mol. The first-order chi connectivity index (χ1) is 9.52. The maximum absolute atomic E-state index is 11.3. The maximum Gasteiger partial charge on any atom is 0.332 e. The second kappa shape index (κ2) is 8.19. The van der Waals surface area contributed by atoms with Crippen LogP contribution >= 0.6 is 0 Å². The van der Waals surface area contributed by atoms with Crippen LogP contribution in [0.4, 0.5) is 0 Å². The smallest absolute Gasteiger partial charge is 0.332 e. The van der Waals surface area contributed by atoms with E-state index in [1.807, 2.05) is 12.2 Å². The fourth-order valence-corrected chi connectivity index (χ4v) is 1.79. The van der Waals surface area contributed by atoms with Crippen LogP contribution < -0.4 is 5.32 Å². The minimum absolute atomic E-state index is 0.313. The second-order valence-corrected chi connectivity index (χ2v) is 4.43. The summed E-state index contributed by atoms with van der Waals surface area (Å²) in [6.07, 6.45) is 6.78. The predicted octanol–water partition coefficient (Wildman–Crippen LogP) is 2.21. The fourth-order valence-electron chi connectivity index (χ4n) is 1.79. The van der Waals surface area contributed by atoms with Crippen LogP contribution in [0.2, 0.25) is 0 Å². The molecular weight excluding hydrogens is 258 g/mol. The molecule has 1 aliphatic carbocycles. The number of carbonyl (C=O) groups is 2. The molecule has 20 heavy (non-hydrogen) atoms. The standard InChI is InChI=1S/C15H21NO4/c1-4-19-15(18)9-11(2)16-10-13-7-5-6-8-14(13)20-12(3)17/h5-6,9,16H,4,7-8,10H2,1-3H3/b11-9+. The normalized spacial score (nSPS) is 15.1. The lowest BCUT2D eigenvalue weighted by Gasteiger charge is -2.17. The lowest BCUT2D eigenvalue weighted by atomic mass is 10.0. The minimum atomic E-state index is -0.366. The van der Waals surface area contributed by atoms with Gasteiger partial charge in [0.05, 0.1) is 6.61 Å². The molecule has 1 N–H and O–H groups in total. The monoisotopic (exact) mass is 279 g/mol. The highest BCUT2D eigenvalue weighted by Crippen LogP contribution is 2.20. The van der Waals surface area contributed by atoms with Crippen LogP contribution in [0.5, 0.6) is 0 Å². The number of carbonyl (C=O) groups excluding carboxylic acids is 2. The minimum Gasteiger partial charge on any atom is -0.463 e. The Morgan fingerprint density at radius 3 is 2.65 bits per heavy atom. The number of esters is 2. The summed E-state index contributed by atoms with van der Waals surface area (Å²) in [6, 6.07) is 0. The number of nitrogens with one attached hydrogen (secondary N) is 1. The van der Waals surface area contributed by atoms with Crippen molar-refractivity contribution >= 4 is 11.9 Å². The zero-order valence-electron chi connectivity index (χ0n) is 12.2. The number of hydrogen-bond acceptors (Lipinski definition) is 5. The lowest BCUT2D eigenvalue weighted by Crippen LogP contribution is -2.19. The molecule has 0 bridgehead atoms. The van der Waals surface area contributed by atoms with Crippen molar-refractivity contribution in [2.75, 3.05) is 13.2 Å². The molecule has 0 saturated heterocycles. The van der Waals surface area contributed by atoms with Gasteiger partial charge in [-0.05, 0) is 25.8 Å². The molecule has 110 valence electrons. The van der Waals surface area contributed by atoms with E-state index in [-0.39, 0.29) is 11.9 Å². The summed E-state index contributed by atoms with van der Waals surface area (Å²) in [5, 5.41) is 3.12. The quantitative estimate of drug-likeness (QED) is 0.459. The third kappa shape index (κ3) is 5.73. The van der Waals surface area contributed by atoms with Crippen molar-refractivity contribution in [3.05, 3.63) is 35.3 Å². The summed E-state index contributed by atoms with van der Waals surface area (Å²) in [4.78, 5) is 22.3. The van der Waals surface area contributed by atoms with E-state index < -0.39 is 0 Å². The van der Waals surface area contributed by atoms with Gasteiger partial charge < -0.3 is 14.8 Å². The summed E-state index contributed by atoms with van der Waals surface area (Å²) >= 11 is 0. The third-order valence-corrected chi connectivity index (χ3v) is 2.70. The van der Waals surface area contributed by atoms with Gasteiger partial charge >= 0.3 is 11.9 Å². The SMILES string of the molecule is CCOC(=O)/C=C(\C)NCC1=C(OC(C)=O)CC=CC1. The molecule has 0 aromatic rings. The Labute approximate surface area is 119 Å². The number of hydrogen-bond donors (Lipinski definition) is 1. The molecule has 1 rings (SSSR count). The van der Waals surface area contributed by atoms with E-state index in [2.05, 4.69) is 5.32 Å². The van der Waals surface area contributed by atoms with Gasteiger partial charge in [-0.2, -0.15) is 0 Å². The molecule has 0 spiro atoms. The predicted molar refractivity (Wildman–Crippen MR) is 75.6 cm³/mol. The van der Waals surface area contributed by atoms with Crippen molar-refractivity contribution in [2.24, 2.45) is 0 Å². The first-order valence-corrected chi connectivity index (χ1v) is 6.66. The molecule has 0 saturated carbocycles. The Hall–Kier alpha value is -2.04. The zero-order chi connectivity index (χ0) is 15.0. The van der Waals surface area contributed by atoms with E-state index in [0.29, 0.717) is 31.0 Å². The zero-order valence-corrected chi connectivity index (χ0v) is 12.2. The van der Waals surface area contributed by atoms with E-state index in [1.54, 1.807) is 13.8 Å². The highest BCUT2D eigenvalue weighted by atomic mass is 16.5. The van der Waals surface area contributed by atoms with E-state index in [9.17, 15) is 9.59 Å². The van der Waals surface area contributed by atoms with Crippen molar-refractivity contribution in [2.45, 2.75) is 33.6 Å². The molecule has 0 amide bonds. The molecule has 1 aliphatic rings. The van der Waals surface area contributed by atoms with E-state index in [1.165, 1.54) is 13.0 Å². The van der Waals surface area contributed by atoms with Gasteiger partial charge in [-0.1, -0.05) is 12.2 Å². The first kappa shape index (κ1) is 16.0. The highest BCUT2D eigenvalue weighted by Gasteiger charge is 2.12. The molecule has 5 heteroatoms. The van der Waals surface area contributed by atoms with E-state index in [0.717, 1.165) is 12.0 Å². The number of ether oxygens (including phenoxy) is 2. The van der Waals surface area contributed by atoms with E-state index in [4.69, 9.17) is 9.47 Å². The van der Waals surface area contributed by atoms with Gasteiger partial charge in [0.25, 0.3) is 0 Å². The van der Waals surface area contributed by atoms with Gasteiger partial charge in [-0.25, -0.2) is 4.79 Å². The van der Waals surface area contributed by atoms with Crippen molar-refractivity contribution in [1.82, 2.24) is 5.32 Å². The molecule has 0 aromatic heterocycles. The van der Waals surface area contributed by atoms with Crippen LogP contribution in [0, 0.1) is 0 Å². The summed E-state index contributed by atoms with van der Waals surface area (Å²) in [6.45, 7) is 5.84. The largest absolute Gasteiger partial charge is 0.463 e. The van der Waals surface area contributed by atoms with Crippen molar-refractivity contribution in [1.29, 1.82) is 0 Å². The van der Waals surface area contributed by atoms with Crippen LogP contribution in [0.3, 0.4) is 0 Å². The molecule has 0 unspecified atom stereocenters. The van der Waals surface area contributed by atoms with Crippen molar-refractivity contribution < 1.29 is 19.1 Å². The highest BCUT2D eigenvalue weighted by molar-refractivity contribution is 5.82. The Morgan fingerprint density at radius 2 is 2.00 bits per heavy atom. The Morgan fingerprint density at radius 1 is 1.30 bits per heavy atom.